The van der Waals surface area contributed by atoms with Crippen LogP contribution >= 0.6 is 0 Å². The van der Waals surface area contributed by atoms with Crippen LogP contribution in [0.4, 0.5) is 11.5 Å². The molecule has 1 aliphatic heterocycles. The summed E-state index contributed by atoms with van der Waals surface area (Å²) in [5, 5.41) is 4.61. The molecule has 0 spiro atoms. The van der Waals surface area contributed by atoms with Gasteiger partial charge in [-0.15, -0.1) is 0 Å². The molecule has 0 bridgehead atoms. The number of aromatic nitrogens is 2. The van der Waals surface area contributed by atoms with Crippen LogP contribution in [-0.4, -0.2) is 67.4 Å². The standard InChI is InChI=1S/C25H31N5O4/c1-5-33-24-15-22-21(14-23(24)32-4)25(27-16-26-22)28-10-12-29(13-11-28)30(17-31)19-6-8-20(9-7-19)34-18(2)3/h6-9,14-18H,5,10-13H2,1-4H3. The van der Waals surface area contributed by atoms with Gasteiger partial charge >= 0.3 is 0 Å². The van der Waals surface area contributed by atoms with Crippen molar-refractivity contribution in [3.8, 4) is 17.2 Å². The molecular formula is C25H31N5O4. The predicted octanol–water partition coefficient (Wildman–Crippen LogP) is 3.52. The summed E-state index contributed by atoms with van der Waals surface area (Å²) in [6.07, 6.45) is 2.53. The lowest BCUT2D eigenvalue weighted by Gasteiger charge is -2.40. The molecule has 0 atom stereocenters. The van der Waals surface area contributed by atoms with E-state index in [1.54, 1.807) is 18.4 Å². The lowest BCUT2D eigenvalue weighted by molar-refractivity contribution is -0.110. The Bertz CT molecular complexity index is 1110. The van der Waals surface area contributed by atoms with Gasteiger partial charge in [0.15, 0.2) is 11.5 Å². The van der Waals surface area contributed by atoms with Gasteiger partial charge < -0.3 is 19.1 Å². The third-order valence-electron chi connectivity index (χ3n) is 5.63. The number of fused-ring (bicyclic) bond motifs is 1. The molecule has 0 N–H and O–H groups in total. The number of amides is 1. The number of carbonyl (C=O) groups is 1. The average molecular weight is 466 g/mol. The second-order valence-corrected chi connectivity index (χ2v) is 8.20. The fourth-order valence-electron chi connectivity index (χ4n) is 4.09. The van der Waals surface area contributed by atoms with Crippen LogP contribution in [0.25, 0.3) is 10.9 Å². The highest BCUT2D eigenvalue weighted by molar-refractivity contribution is 5.92. The third-order valence-corrected chi connectivity index (χ3v) is 5.63. The minimum absolute atomic E-state index is 0.102. The van der Waals surface area contributed by atoms with E-state index in [-0.39, 0.29) is 6.10 Å². The summed E-state index contributed by atoms with van der Waals surface area (Å²) in [6.45, 7) is 9.21. The zero-order valence-corrected chi connectivity index (χ0v) is 20.1. The number of hydrazine groups is 1. The number of carbonyl (C=O) groups excluding carboxylic acids is 1. The molecule has 1 aromatic heterocycles. The molecule has 0 saturated carbocycles. The van der Waals surface area contributed by atoms with Crippen LogP contribution < -0.4 is 24.1 Å². The van der Waals surface area contributed by atoms with Gasteiger partial charge in [-0.3, -0.25) is 4.79 Å². The van der Waals surface area contributed by atoms with Crippen molar-refractivity contribution >= 4 is 28.8 Å². The molecule has 1 fully saturated rings. The lowest BCUT2D eigenvalue weighted by Crippen LogP contribution is -2.54. The van der Waals surface area contributed by atoms with Crippen molar-refractivity contribution in [2.24, 2.45) is 0 Å². The van der Waals surface area contributed by atoms with Crippen molar-refractivity contribution in [2.75, 3.05) is 49.8 Å². The van der Waals surface area contributed by atoms with E-state index in [2.05, 4.69) is 14.9 Å². The van der Waals surface area contributed by atoms with Crippen LogP contribution in [0.5, 0.6) is 17.2 Å². The van der Waals surface area contributed by atoms with E-state index in [0.717, 1.165) is 34.6 Å². The number of anilines is 2. The Labute approximate surface area is 199 Å². The average Bonchev–Trinajstić information content (AvgIpc) is 2.85. The molecule has 2 aromatic carbocycles. The summed E-state index contributed by atoms with van der Waals surface area (Å²) < 4.78 is 16.9. The molecule has 3 aromatic rings. The van der Waals surface area contributed by atoms with Gasteiger partial charge in [-0.2, -0.15) is 0 Å². The maximum atomic E-state index is 11.9. The zero-order valence-electron chi connectivity index (χ0n) is 20.1. The first-order valence-electron chi connectivity index (χ1n) is 11.5. The largest absolute Gasteiger partial charge is 0.493 e. The molecule has 0 radical (unpaired) electrons. The van der Waals surface area contributed by atoms with Crippen LogP contribution in [0.3, 0.4) is 0 Å². The van der Waals surface area contributed by atoms with E-state index in [1.165, 1.54) is 0 Å². The van der Waals surface area contributed by atoms with Crippen molar-refractivity contribution in [3.63, 3.8) is 0 Å². The Balaban J connectivity index is 1.50. The Kier molecular flexibility index (Phi) is 7.32. The van der Waals surface area contributed by atoms with Crippen molar-refractivity contribution < 1.29 is 19.0 Å². The third kappa shape index (κ3) is 4.99. The first-order valence-corrected chi connectivity index (χ1v) is 11.5. The molecule has 4 rings (SSSR count). The van der Waals surface area contributed by atoms with Gasteiger partial charge in [0.1, 0.15) is 17.9 Å². The Morgan fingerprint density at radius 2 is 1.79 bits per heavy atom. The summed E-state index contributed by atoms with van der Waals surface area (Å²) in [5.74, 6) is 2.95. The fraction of sp³-hybridized carbons (Fsp3) is 0.400. The first kappa shape index (κ1) is 23.6. The number of nitrogens with zero attached hydrogens (tertiary/aromatic N) is 5. The van der Waals surface area contributed by atoms with Crippen LogP contribution in [-0.2, 0) is 4.79 Å². The summed E-state index contributed by atoms with van der Waals surface area (Å²) in [5.41, 5.74) is 1.61. The maximum Gasteiger partial charge on any atom is 0.228 e. The van der Waals surface area contributed by atoms with Crippen LogP contribution in [0.1, 0.15) is 20.8 Å². The smallest absolute Gasteiger partial charge is 0.228 e. The van der Waals surface area contributed by atoms with Crippen LogP contribution in [0.2, 0.25) is 0 Å². The number of methoxy groups -OCH3 is 1. The number of hydrogen-bond acceptors (Lipinski definition) is 8. The van der Waals surface area contributed by atoms with Crippen molar-refractivity contribution in [1.82, 2.24) is 15.0 Å². The molecule has 9 nitrogen and oxygen atoms in total. The van der Waals surface area contributed by atoms with E-state index in [4.69, 9.17) is 14.2 Å². The van der Waals surface area contributed by atoms with Crippen molar-refractivity contribution in [2.45, 2.75) is 26.9 Å². The Hall–Kier alpha value is -3.59. The SMILES string of the molecule is CCOc1cc2ncnc(N3CCN(N(C=O)c4ccc(OC(C)C)cc4)CC3)c2cc1OC. The number of hydrogen-bond donors (Lipinski definition) is 0. The van der Waals surface area contributed by atoms with E-state index in [9.17, 15) is 4.79 Å². The highest BCUT2D eigenvalue weighted by atomic mass is 16.5. The fourth-order valence-corrected chi connectivity index (χ4v) is 4.09. The monoisotopic (exact) mass is 465 g/mol. The minimum atomic E-state index is 0.102. The second kappa shape index (κ2) is 10.6. The molecular weight excluding hydrogens is 434 g/mol. The van der Waals surface area contributed by atoms with Crippen molar-refractivity contribution in [3.05, 3.63) is 42.7 Å². The second-order valence-electron chi connectivity index (χ2n) is 8.20. The lowest BCUT2D eigenvalue weighted by atomic mass is 10.2. The van der Waals surface area contributed by atoms with Crippen LogP contribution in [0, 0.1) is 0 Å². The molecule has 0 unspecified atom stereocenters. The predicted molar refractivity (Wildman–Crippen MR) is 132 cm³/mol. The Morgan fingerprint density at radius 3 is 2.41 bits per heavy atom. The van der Waals surface area contributed by atoms with Crippen LogP contribution in [0.15, 0.2) is 42.7 Å². The minimum Gasteiger partial charge on any atom is -0.493 e. The highest BCUT2D eigenvalue weighted by Crippen LogP contribution is 2.35. The number of ether oxygens (including phenoxy) is 3. The van der Waals surface area contributed by atoms with Gasteiger partial charge in [0.2, 0.25) is 6.41 Å². The van der Waals surface area contributed by atoms with Gasteiger partial charge in [-0.25, -0.2) is 20.0 Å². The molecule has 34 heavy (non-hydrogen) atoms. The summed E-state index contributed by atoms with van der Waals surface area (Å²) in [7, 11) is 1.63. The molecule has 9 heteroatoms. The Morgan fingerprint density at radius 1 is 1.06 bits per heavy atom. The summed E-state index contributed by atoms with van der Waals surface area (Å²) in [4.78, 5) is 23.1. The van der Waals surface area contributed by atoms with E-state index in [1.807, 2.05) is 62.2 Å². The molecule has 1 amide bonds. The highest BCUT2D eigenvalue weighted by Gasteiger charge is 2.25. The van der Waals surface area contributed by atoms with Crippen molar-refractivity contribution in [1.29, 1.82) is 0 Å². The normalized spacial score (nSPS) is 14.3. The van der Waals surface area contributed by atoms with Gasteiger partial charge in [-0.05, 0) is 51.1 Å². The molecule has 0 aliphatic carbocycles. The summed E-state index contributed by atoms with van der Waals surface area (Å²) >= 11 is 0. The van der Waals surface area contributed by atoms with E-state index < -0.39 is 0 Å². The molecule has 1 aliphatic rings. The molecule has 180 valence electrons. The van der Waals surface area contributed by atoms with E-state index >= 15 is 0 Å². The molecule has 2 heterocycles. The topological polar surface area (TPSA) is 80.3 Å². The van der Waals surface area contributed by atoms with Gasteiger partial charge in [-0.1, -0.05) is 0 Å². The number of rotatable bonds is 9. The number of piperazine rings is 1. The summed E-state index contributed by atoms with van der Waals surface area (Å²) in [6, 6.07) is 11.4. The van der Waals surface area contributed by atoms with Gasteiger partial charge in [0.05, 0.1) is 31.0 Å². The van der Waals surface area contributed by atoms with Gasteiger partial charge in [0, 0.05) is 37.6 Å². The number of benzene rings is 2. The molecule has 1 saturated heterocycles. The van der Waals surface area contributed by atoms with Gasteiger partial charge in [0.25, 0.3) is 0 Å². The quantitative estimate of drug-likeness (QED) is 0.444. The van der Waals surface area contributed by atoms with E-state index in [0.29, 0.717) is 44.3 Å². The zero-order chi connectivity index (χ0) is 24.1. The maximum absolute atomic E-state index is 11.9. The first-order chi connectivity index (χ1) is 16.5.